The average Bonchev–Trinajstić information content (AvgIpc) is 2.77. The summed E-state index contributed by atoms with van der Waals surface area (Å²) in [6.07, 6.45) is 0.294. The van der Waals surface area contributed by atoms with Gasteiger partial charge in [-0.25, -0.2) is 0 Å². The van der Waals surface area contributed by atoms with E-state index < -0.39 is 57.9 Å². The Bertz CT molecular complexity index is 1280. The Kier molecular flexibility index (Phi) is 5.99. The minimum atomic E-state index is -2.61. The van der Waals surface area contributed by atoms with Crippen molar-refractivity contribution in [3.63, 3.8) is 0 Å². The van der Waals surface area contributed by atoms with E-state index in [1.54, 1.807) is 27.0 Å². The molecular formula is C26H28N2O7. The number of phenolic OH excluding ortho intramolecular Hbond substituents is 1. The molecule has 9 heteroatoms. The van der Waals surface area contributed by atoms with Gasteiger partial charge in [-0.3, -0.25) is 14.4 Å². The lowest BCUT2D eigenvalue weighted by atomic mass is 9.54. The van der Waals surface area contributed by atoms with E-state index in [0.717, 1.165) is 0 Å². The predicted octanol–water partition coefficient (Wildman–Crippen LogP) is 0.877. The number of aliphatic hydroxyl groups excluding tert-OH is 2. The highest BCUT2D eigenvalue weighted by atomic mass is 16.3. The third kappa shape index (κ3) is 3.44. The van der Waals surface area contributed by atoms with Crippen LogP contribution in [0.5, 0.6) is 5.75 Å². The van der Waals surface area contributed by atoms with E-state index in [9.17, 15) is 34.8 Å². The first-order valence-electron chi connectivity index (χ1n) is 11.4. The van der Waals surface area contributed by atoms with Crippen molar-refractivity contribution < 1.29 is 34.8 Å². The molecule has 1 amide bonds. The van der Waals surface area contributed by atoms with Gasteiger partial charge in [0.15, 0.2) is 11.4 Å². The largest absolute Gasteiger partial charge is 0.508 e. The van der Waals surface area contributed by atoms with Gasteiger partial charge >= 0.3 is 0 Å². The molecule has 9 nitrogen and oxygen atoms in total. The number of phenols is 1. The van der Waals surface area contributed by atoms with Crippen LogP contribution < -0.4 is 11.1 Å². The van der Waals surface area contributed by atoms with Crippen LogP contribution in [0.25, 0.3) is 5.76 Å². The van der Waals surface area contributed by atoms with Crippen LogP contribution in [0.4, 0.5) is 0 Å². The Morgan fingerprint density at radius 2 is 1.94 bits per heavy atom. The zero-order valence-corrected chi connectivity index (χ0v) is 19.7. The van der Waals surface area contributed by atoms with Gasteiger partial charge in [-0.15, -0.1) is 0 Å². The summed E-state index contributed by atoms with van der Waals surface area (Å²) in [5.74, 6) is -1.85. The van der Waals surface area contributed by atoms with Crippen LogP contribution in [-0.4, -0.2) is 57.1 Å². The molecule has 1 fully saturated rings. The van der Waals surface area contributed by atoms with E-state index >= 15 is 0 Å². The summed E-state index contributed by atoms with van der Waals surface area (Å²) in [7, 11) is 1.75. The van der Waals surface area contributed by atoms with Crippen LogP contribution in [-0.2, 0) is 20.8 Å². The number of Topliss-reactive ketones (excluding diaryl/α,β-unsaturated/α-hetero) is 2. The molecule has 1 aromatic carbocycles. The number of primary amides is 1. The van der Waals surface area contributed by atoms with Crippen molar-refractivity contribution in [2.24, 2.45) is 29.4 Å². The summed E-state index contributed by atoms with van der Waals surface area (Å²) in [6, 6.07) is 2.99. The minimum Gasteiger partial charge on any atom is -0.508 e. The quantitative estimate of drug-likeness (QED) is 0.273. The monoisotopic (exact) mass is 480 g/mol. The van der Waals surface area contributed by atoms with Crippen LogP contribution in [0.15, 0.2) is 29.0 Å². The van der Waals surface area contributed by atoms with Crippen molar-refractivity contribution in [3.8, 4) is 17.6 Å². The summed E-state index contributed by atoms with van der Waals surface area (Å²) in [5, 5.41) is 47.0. The summed E-state index contributed by atoms with van der Waals surface area (Å²) in [5.41, 5.74) is 2.93. The minimum absolute atomic E-state index is 0.0359. The summed E-state index contributed by atoms with van der Waals surface area (Å²) in [6.45, 7) is 3.87. The first-order valence-corrected chi connectivity index (χ1v) is 11.4. The van der Waals surface area contributed by atoms with Gasteiger partial charge in [0.2, 0.25) is 5.78 Å². The van der Waals surface area contributed by atoms with Gasteiger partial charge < -0.3 is 31.5 Å². The fourth-order valence-electron chi connectivity index (χ4n) is 5.83. The van der Waals surface area contributed by atoms with Crippen molar-refractivity contribution in [2.75, 3.05) is 13.6 Å². The second-order valence-electron chi connectivity index (χ2n) is 9.64. The van der Waals surface area contributed by atoms with Crippen molar-refractivity contribution in [3.05, 3.63) is 45.7 Å². The Labute approximate surface area is 202 Å². The number of carbonyl (C=O) groups excluding carboxylic acids is 3. The molecule has 3 aliphatic carbocycles. The molecular weight excluding hydrogens is 452 g/mol. The normalized spacial score (nSPS) is 27.7. The van der Waals surface area contributed by atoms with Gasteiger partial charge in [-0.2, -0.15) is 0 Å². The lowest BCUT2D eigenvalue weighted by Gasteiger charge is -2.50. The summed E-state index contributed by atoms with van der Waals surface area (Å²) in [4.78, 5) is 38.9. The molecule has 0 spiro atoms. The molecule has 7 N–H and O–H groups in total. The molecule has 1 aromatic rings. The maximum Gasteiger partial charge on any atom is 0.255 e. The van der Waals surface area contributed by atoms with Crippen molar-refractivity contribution in [2.45, 2.75) is 32.3 Å². The van der Waals surface area contributed by atoms with Crippen LogP contribution >= 0.6 is 0 Å². The maximum atomic E-state index is 13.8. The van der Waals surface area contributed by atoms with Crippen LogP contribution in [0.1, 0.15) is 37.0 Å². The molecule has 0 aromatic heterocycles. The zero-order chi connectivity index (χ0) is 25.8. The number of nitrogens with one attached hydrogen (secondary N) is 1. The molecule has 0 unspecified atom stereocenters. The molecule has 3 aliphatic rings. The number of hydrogen-bond donors (Lipinski definition) is 6. The maximum absolute atomic E-state index is 13.8. The SMILES string of the molecule is CNCC#Cc1ccc(O)c2c1C[C@H]1C[C@H]3[C@H](C(C)C)C(=O)C(C(N)=O)=C(O)[C@@]3(O)C(=O)C1=C2O. The number of ketones is 2. The number of hydrogen-bond acceptors (Lipinski definition) is 8. The molecule has 0 aliphatic heterocycles. The van der Waals surface area contributed by atoms with Gasteiger partial charge in [-0.1, -0.05) is 25.7 Å². The number of aromatic hydroxyl groups is 1. The molecule has 0 bridgehead atoms. The summed E-state index contributed by atoms with van der Waals surface area (Å²) >= 11 is 0. The number of carbonyl (C=O) groups is 3. The van der Waals surface area contributed by atoms with Gasteiger partial charge in [0.1, 0.15) is 22.8 Å². The molecule has 184 valence electrons. The van der Waals surface area contributed by atoms with Gasteiger partial charge in [0, 0.05) is 23.0 Å². The lowest BCUT2D eigenvalue weighted by molar-refractivity contribution is -0.155. The van der Waals surface area contributed by atoms with E-state index in [-0.39, 0.29) is 35.6 Å². The predicted molar refractivity (Wildman–Crippen MR) is 126 cm³/mol. The highest BCUT2D eigenvalue weighted by Crippen LogP contribution is 2.54. The van der Waals surface area contributed by atoms with Crippen LogP contribution in [0, 0.1) is 35.5 Å². The topological polar surface area (TPSA) is 170 Å². The van der Waals surface area contributed by atoms with Gasteiger partial charge in [0.05, 0.1) is 12.1 Å². The Balaban J connectivity index is 1.95. The fraction of sp³-hybridized carbons (Fsp3) is 0.423. The molecule has 1 saturated carbocycles. The van der Waals surface area contributed by atoms with E-state index in [2.05, 4.69) is 17.2 Å². The molecule has 35 heavy (non-hydrogen) atoms. The molecule has 0 radical (unpaired) electrons. The Morgan fingerprint density at radius 3 is 2.54 bits per heavy atom. The molecule has 0 saturated heterocycles. The average molecular weight is 481 g/mol. The second kappa shape index (κ2) is 8.56. The van der Waals surface area contributed by atoms with Crippen LogP contribution in [0.3, 0.4) is 0 Å². The lowest BCUT2D eigenvalue weighted by Crippen LogP contribution is -2.62. The smallest absolute Gasteiger partial charge is 0.255 e. The number of aliphatic hydroxyl groups is 3. The zero-order valence-electron chi connectivity index (χ0n) is 19.7. The number of amides is 1. The molecule has 0 heterocycles. The first-order chi connectivity index (χ1) is 16.5. The fourth-order valence-corrected chi connectivity index (χ4v) is 5.83. The van der Waals surface area contributed by atoms with Gasteiger partial charge in [0.25, 0.3) is 5.91 Å². The van der Waals surface area contributed by atoms with E-state index in [1.807, 2.05) is 0 Å². The van der Waals surface area contributed by atoms with Gasteiger partial charge in [-0.05, 0) is 49.4 Å². The summed E-state index contributed by atoms with van der Waals surface area (Å²) < 4.78 is 0. The molecule has 4 atom stereocenters. The molecule has 4 rings (SSSR count). The highest BCUT2D eigenvalue weighted by Gasteiger charge is 2.64. The van der Waals surface area contributed by atoms with E-state index in [4.69, 9.17) is 5.73 Å². The van der Waals surface area contributed by atoms with Crippen molar-refractivity contribution in [1.82, 2.24) is 5.32 Å². The first kappa shape index (κ1) is 24.5. The number of rotatable bonds is 3. The van der Waals surface area contributed by atoms with E-state index in [0.29, 0.717) is 17.7 Å². The third-order valence-corrected chi connectivity index (χ3v) is 7.34. The number of benzene rings is 1. The van der Waals surface area contributed by atoms with E-state index in [1.165, 1.54) is 6.07 Å². The third-order valence-electron chi connectivity index (χ3n) is 7.34. The number of nitrogens with two attached hydrogens (primary N) is 1. The van der Waals surface area contributed by atoms with Crippen molar-refractivity contribution >= 4 is 23.2 Å². The second-order valence-corrected chi connectivity index (χ2v) is 9.64. The van der Waals surface area contributed by atoms with Crippen LogP contribution in [0.2, 0.25) is 0 Å². The highest BCUT2D eigenvalue weighted by molar-refractivity contribution is 6.23. The Hall–Kier alpha value is -3.61. The Morgan fingerprint density at radius 1 is 1.26 bits per heavy atom. The number of fused-ring (bicyclic) bond motifs is 3. The standard InChI is InChI=1S/C26H28N2O7/c1-11(2)17-15-10-13-9-14-12(5-4-8-28-3)6-7-16(29)19(14)22(31)18(13)23(32)26(15,35)24(33)20(21(17)30)25(27)34/h6-7,11,13,15,17,28-29,31,33,35H,8-10H2,1-3H3,(H2,27,34)/t13-,15-,17-,26-/m0/s1. The van der Waals surface area contributed by atoms with Crippen molar-refractivity contribution in [1.29, 1.82) is 0 Å².